The van der Waals surface area contributed by atoms with Gasteiger partial charge < -0.3 is 5.11 Å². The Balaban J connectivity index is 1.93. The van der Waals surface area contributed by atoms with Crippen LogP contribution in [0.1, 0.15) is 12.8 Å². The first-order valence-electron chi connectivity index (χ1n) is 4.82. The van der Waals surface area contributed by atoms with Crippen molar-refractivity contribution in [2.24, 2.45) is 11.8 Å². The highest BCUT2D eigenvalue weighted by molar-refractivity contribution is 4.94. The van der Waals surface area contributed by atoms with Crippen LogP contribution >= 0.6 is 0 Å². The Morgan fingerprint density at radius 3 is 2.92 bits per heavy atom. The molecule has 3 atom stereocenters. The van der Waals surface area contributed by atoms with Crippen molar-refractivity contribution in [3.05, 3.63) is 12.7 Å². The predicted octanol–water partition coefficient (Wildman–Crippen LogP) is 0.875. The molecule has 2 aliphatic rings. The number of aliphatic hydroxyl groups excluding tert-OH is 1. The van der Waals surface area contributed by atoms with Gasteiger partial charge in [0.15, 0.2) is 0 Å². The van der Waals surface area contributed by atoms with Gasteiger partial charge in [0.05, 0.1) is 6.10 Å². The van der Waals surface area contributed by atoms with Gasteiger partial charge in [0.2, 0.25) is 0 Å². The van der Waals surface area contributed by atoms with Crippen molar-refractivity contribution in [1.29, 1.82) is 0 Å². The Kier molecular flexibility index (Phi) is 2.20. The molecule has 0 amide bonds. The van der Waals surface area contributed by atoms with Gasteiger partial charge in [-0.25, -0.2) is 0 Å². The molecular formula is C10H17NO. The highest BCUT2D eigenvalue weighted by Crippen LogP contribution is 2.37. The second kappa shape index (κ2) is 3.19. The van der Waals surface area contributed by atoms with E-state index in [9.17, 15) is 5.11 Å². The van der Waals surface area contributed by atoms with Crippen LogP contribution in [0.4, 0.5) is 0 Å². The van der Waals surface area contributed by atoms with E-state index in [-0.39, 0.29) is 6.10 Å². The van der Waals surface area contributed by atoms with Gasteiger partial charge in [0.25, 0.3) is 0 Å². The number of rotatable bonds is 2. The SMILES string of the molecule is C=CCN1C[C@H]2CC[C@@H](O)[C@H]2C1. The fourth-order valence-corrected chi connectivity index (χ4v) is 2.66. The molecule has 1 saturated heterocycles. The maximum absolute atomic E-state index is 9.63. The molecule has 1 aliphatic heterocycles. The minimum atomic E-state index is -0.0233. The van der Waals surface area contributed by atoms with Gasteiger partial charge in [-0.05, 0) is 18.8 Å². The maximum Gasteiger partial charge on any atom is 0.0583 e. The molecule has 0 spiro atoms. The van der Waals surface area contributed by atoms with E-state index in [2.05, 4.69) is 11.5 Å². The molecule has 1 heterocycles. The Labute approximate surface area is 73.9 Å². The number of hydrogen-bond donors (Lipinski definition) is 1. The number of nitrogens with zero attached hydrogens (tertiary/aromatic N) is 1. The fourth-order valence-electron chi connectivity index (χ4n) is 2.66. The quantitative estimate of drug-likeness (QED) is 0.617. The number of hydrogen-bond acceptors (Lipinski definition) is 2. The summed E-state index contributed by atoms with van der Waals surface area (Å²) >= 11 is 0. The van der Waals surface area contributed by atoms with Crippen LogP contribution in [0.3, 0.4) is 0 Å². The third kappa shape index (κ3) is 1.29. The first kappa shape index (κ1) is 8.27. The summed E-state index contributed by atoms with van der Waals surface area (Å²) in [7, 11) is 0. The highest BCUT2D eigenvalue weighted by atomic mass is 16.3. The molecule has 0 aromatic carbocycles. The minimum Gasteiger partial charge on any atom is -0.393 e. The van der Waals surface area contributed by atoms with E-state index in [1.165, 1.54) is 13.0 Å². The van der Waals surface area contributed by atoms with Crippen LogP contribution in [0.15, 0.2) is 12.7 Å². The summed E-state index contributed by atoms with van der Waals surface area (Å²) in [5, 5.41) is 9.63. The zero-order valence-electron chi connectivity index (χ0n) is 7.45. The molecule has 2 nitrogen and oxygen atoms in total. The minimum absolute atomic E-state index is 0.0233. The third-order valence-electron chi connectivity index (χ3n) is 3.28. The van der Waals surface area contributed by atoms with Crippen LogP contribution < -0.4 is 0 Å². The molecule has 0 aromatic heterocycles. The van der Waals surface area contributed by atoms with Gasteiger partial charge in [-0.3, -0.25) is 4.90 Å². The largest absolute Gasteiger partial charge is 0.393 e. The van der Waals surface area contributed by atoms with Crippen molar-refractivity contribution in [2.45, 2.75) is 18.9 Å². The average Bonchev–Trinajstić information content (AvgIpc) is 2.55. The van der Waals surface area contributed by atoms with Crippen LogP contribution in [0.2, 0.25) is 0 Å². The Hall–Kier alpha value is -0.340. The van der Waals surface area contributed by atoms with Crippen molar-refractivity contribution in [1.82, 2.24) is 4.90 Å². The Morgan fingerprint density at radius 1 is 1.42 bits per heavy atom. The van der Waals surface area contributed by atoms with Gasteiger partial charge in [-0.15, -0.1) is 6.58 Å². The maximum atomic E-state index is 9.63. The van der Waals surface area contributed by atoms with E-state index in [0.717, 1.165) is 25.4 Å². The summed E-state index contributed by atoms with van der Waals surface area (Å²) in [6.45, 7) is 6.97. The second-order valence-corrected chi connectivity index (χ2v) is 4.08. The molecule has 0 bridgehead atoms. The van der Waals surface area contributed by atoms with Gasteiger partial charge >= 0.3 is 0 Å². The molecule has 2 heteroatoms. The van der Waals surface area contributed by atoms with Crippen molar-refractivity contribution in [3.8, 4) is 0 Å². The van der Waals surface area contributed by atoms with Crippen molar-refractivity contribution < 1.29 is 5.11 Å². The summed E-state index contributed by atoms with van der Waals surface area (Å²) < 4.78 is 0. The van der Waals surface area contributed by atoms with Gasteiger partial charge in [0.1, 0.15) is 0 Å². The fraction of sp³-hybridized carbons (Fsp3) is 0.800. The zero-order chi connectivity index (χ0) is 8.55. The summed E-state index contributed by atoms with van der Waals surface area (Å²) in [4.78, 5) is 2.39. The number of likely N-dealkylation sites (tertiary alicyclic amines) is 1. The van der Waals surface area contributed by atoms with Crippen LogP contribution in [-0.4, -0.2) is 35.7 Å². The van der Waals surface area contributed by atoms with Crippen molar-refractivity contribution in [3.63, 3.8) is 0 Å². The Bertz CT molecular complexity index is 181. The van der Waals surface area contributed by atoms with E-state index in [0.29, 0.717) is 5.92 Å². The zero-order valence-corrected chi connectivity index (χ0v) is 7.45. The number of aliphatic hydroxyl groups is 1. The van der Waals surface area contributed by atoms with E-state index in [4.69, 9.17) is 0 Å². The van der Waals surface area contributed by atoms with Crippen molar-refractivity contribution >= 4 is 0 Å². The molecule has 12 heavy (non-hydrogen) atoms. The average molecular weight is 167 g/mol. The predicted molar refractivity (Wildman–Crippen MR) is 48.9 cm³/mol. The summed E-state index contributed by atoms with van der Waals surface area (Å²) in [5.74, 6) is 1.32. The lowest BCUT2D eigenvalue weighted by molar-refractivity contribution is 0.125. The second-order valence-electron chi connectivity index (χ2n) is 4.08. The molecule has 0 aromatic rings. The summed E-state index contributed by atoms with van der Waals surface area (Å²) in [6.07, 6.45) is 4.18. The topological polar surface area (TPSA) is 23.5 Å². The van der Waals surface area contributed by atoms with Crippen LogP contribution in [0.25, 0.3) is 0 Å². The first-order chi connectivity index (χ1) is 5.81. The smallest absolute Gasteiger partial charge is 0.0583 e. The van der Waals surface area contributed by atoms with Gasteiger partial charge in [-0.2, -0.15) is 0 Å². The molecule has 2 rings (SSSR count). The lowest BCUT2D eigenvalue weighted by Gasteiger charge is -2.15. The van der Waals surface area contributed by atoms with Gasteiger partial charge in [-0.1, -0.05) is 6.08 Å². The standard InChI is InChI=1S/C10H17NO/c1-2-5-11-6-8-3-4-10(12)9(8)7-11/h2,8-10,12H,1,3-7H2/t8-,9+,10-/m1/s1. The normalized spacial score (nSPS) is 41.6. The molecule has 1 N–H and O–H groups in total. The third-order valence-corrected chi connectivity index (χ3v) is 3.28. The van der Waals surface area contributed by atoms with Crippen LogP contribution in [0, 0.1) is 11.8 Å². The van der Waals surface area contributed by atoms with Crippen LogP contribution in [-0.2, 0) is 0 Å². The molecular weight excluding hydrogens is 150 g/mol. The van der Waals surface area contributed by atoms with E-state index >= 15 is 0 Å². The molecule has 1 aliphatic carbocycles. The summed E-state index contributed by atoms with van der Waals surface area (Å²) in [6, 6.07) is 0. The van der Waals surface area contributed by atoms with E-state index < -0.39 is 0 Å². The lowest BCUT2D eigenvalue weighted by atomic mass is 10.00. The molecule has 0 radical (unpaired) electrons. The van der Waals surface area contributed by atoms with Crippen LogP contribution in [0.5, 0.6) is 0 Å². The lowest BCUT2D eigenvalue weighted by Crippen LogP contribution is -2.24. The highest BCUT2D eigenvalue weighted by Gasteiger charge is 2.41. The van der Waals surface area contributed by atoms with Gasteiger partial charge in [0, 0.05) is 25.6 Å². The van der Waals surface area contributed by atoms with E-state index in [1.807, 2.05) is 6.08 Å². The molecule has 68 valence electrons. The Morgan fingerprint density at radius 2 is 2.25 bits per heavy atom. The summed E-state index contributed by atoms with van der Waals surface area (Å²) in [5.41, 5.74) is 0. The van der Waals surface area contributed by atoms with E-state index in [1.54, 1.807) is 0 Å². The van der Waals surface area contributed by atoms with Crippen molar-refractivity contribution in [2.75, 3.05) is 19.6 Å². The number of fused-ring (bicyclic) bond motifs is 1. The first-order valence-corrected chi connectivity index (χ1v) is 4.82. The molecule has 2 fully saturated rings. The molecule has 0 unspecified atom stereocenters. The molecule has 1 saturated carbocycles. The monoisotopic (exact) mass is 167 g/mol.